The van der Waals surface area contributed by atoms with Crippen molar-refractivity contribution in [3.05, 3.63) is 66.1 Å². The Morgan fingerprint density at radius 3 is 2.73 bits per heavy atom. The Bertz CT molecular complexity index is 1360. The third kappa shape index (κ3) is 3.06. The van der Waals surface area contributed by atoms with Gasteiger partial charge in [0.2, 0.25) is 0 Å². The van der Waals surface area contributed by atoms with Gasteiger partial charge in [-0.25, -0.2) is 14.4 Å². The number of halogens is 1. The number of fused-ring (bicyclic) bond motifs is 3. The van der Waals surface area contributed by atoms with E-state index in [-0.39, 0.29) is 5.82 Å². The van der Waals surface area contributed by atoms with Gasteiger partial charge in [0.05, 0.1) is 12.1 Å². The van der Waals surface area contributed by atoms with Crippen LogP contribution in [0.5, 0.6) is 0 Å². The summed E-state index contributed by atoms with van der Waals surface area (Å²) in [5, 5.41) is 4.15. The summed E-state index contributed by atoms with van der Waals surface area (Å²) in [5.41, 5.74) is 10.6. The Morgan fingerprint density at radius 1 is 1.10 bits per heavy atom. The lowest BCUT2D eigenvalue weighted by molar-refractivity contribution is 0.378. The summed E-state index contributed by atoms with van der Waals surface area (Å²) in [7, 11) is 0. The van der Waals surface area contributed by atoms with Crippen LogP contribution in [0.15, 0.2) is 53.2 Å². The number of nitrogens with two attached hydrogens (primary N) is 1. The number of benzene rings is 1. The molecule has 5 aromatic rings. The molecule has 0 bridgehead atoms. The Kier molecular flexibility index (Phi) is 4.39. The van der Waals surface area contributed by atoms with Crippen LogP contribution in [0.25, 0.3) is 33.3 Å². The van der Waals surface area contributed by atoms with Crippen LogP contribution in [0.4, 0.5) is 10.2 Å². The number of nitrogens with zero attached hydrogens (tertiary/aromatic N) is 5. The molecule has 0 saturated heterocycles. The Balaban J connectivity index is 1.63. The fraction of sp³-hybridized carbons (Fsp3) is 0.182. The number of pyridine rings is 2. The number of nitrogen functional groups attached to an aromatic ring is 1. The second kappa shape index (κ2) is 7.22. The van der Waals surface area contributed by atoms with Gasteiger partial charge in [0.15, 0.2) is 11.6 Å². The molecule has 1 aromatic carbocycles. The zero-order chi connectivity index (χ0) is 20.7. The van der Waals surface area contributed by atoms with Crippen molar-refractivity contribution in [3.63, 3.8) is 0 Å². The topological polar surface area (TPSA) is 95.7 Å². The first-order valence-electron chi connectivity index (χ1n) is 9.75. The van der Waals surface area contributed by atoms with Gasteiger partial charge in [-0.15, -0.1) is 0 Å². The number of hydrogen-bond donors (Lipinski definition) is 1. The molecule has 8 heteroatoms. The van der Waals surface area contributed by atoms with Crippen molar-refractivity contribution in [1.29, 1.82) is 0 Å². The van der Waals surface area contributed by atoms with Gasteiger partial charge in [-0.05, 0) is 42.8 Å². The molecule has 2 N–H and O–H groups in total. The molecule has 0 unspecified atom stereocenters. The first-order valence-corrected chi connectivity index (χ1v) is 9.75. The maximum atomic E-state index is 13.2. The first-order chi connectivity index (χ1) is 14.6. The van der Waals surface area contributed by atoms with E-state index < -0.39 is 0 Å². The van der Waals surface area contributed by atoms with E-state index >= 15 is 0 Å². The van der Waals surface area contributed by atoms with Crippen molar-refractivity contribution in [2.45, 2.75) is 26.3 Å². The van der Waals surface area contributed by atoms with Crippen molar-refractivity contribution in [1.82, 2.24) is 24.7 Å². The average Bonchev–Trinajstić information content (AvgIpc) is 3.35. The highest BCUT2D eigenvalue weighted by Gasteiger charge is 2.19. The van der Waals surface area contributed by atoms with Gasteiger partial charge < -0.3 is 14.8 Å². The van der Waals surface area contributed by atoms with Crippen molar-refractivity contribution >= 4 is 27.9 Å². The minimum absolute atomic E-state index is 0.290. The second-order valence-corrected chi connectivity index (χ2v) is 7.11. The molecule has 4 heterocycles. The summed E-state index contributed by atoms with van der Waals surface area (Å²) >= 11 is 0. The van der Waals surface area contributed by atoms with Gasteiger partial charge in [-0.2, -0.15) is 0 Å². The lowest BCUT2D eigenvalue weighted by Crippen LogP contribution is -2.05. The normalized spacial score (nSPS) is 11.5. The smallest absolute Gasteiger partial charge is 0.157 e. The van der Waals surface area contributed by atoms with Gasteiger partial charge in [0.25, 0.3) is 0 Å². The summed E-state index contributed by atoms with van der Waals surface area (Å²) in [6, 6.07) is 11.7. The standard InChI is InChI=1S/C22H19FN6O/c1-2-4-18-27-20-21(19-16(26-22(20)24)5-3-10-25-19)29(18)12-15-11-17(28-30-15)13-6-8-14(23)9-7-13/h3,5-11H,2,4,12H2,1H3,(H2,24,26). The summed E-state index contributed by atoms with van der Waals surface area (Å²) in [4.78, 5) is 13.7. The van der Waals surface area contributed by atoms with Gasteiger partial charge in [-0.3, -0.25) is 4.98 Å². The summed E-state index contributed by atoms with van der Waals surface area (Å²) in [6.45, 7) is 2.53. The monoisotopic (exact) mass is 402 g/mol. The molecule has 0 aliphatic carbocycles. The molecule has 0 amide bonds. The van der Waals surface area contributed by atoms with Crippen LogP contribution in [0, 0.1) is 5.82 Å². The minimum Gasteiger partial charge on any atom is -0.382 e. The number of imidazole rings is 1. The Morgan fingerprint density at radius 2 is 1.93 bits per heavy atom. The number of aryl methyl sites for hydroxylation is 1. The predicted molar refractivity (Wildman–Crippen MR) is 112 cm³/mol. The zero-order valence-corrected chi connectivity index (χ0v) is 16.3. The maximum absolute atomic E-state index is 13.2. The van der Waals surface area contributed by atoms with Gasteiger partial charge in [0, 0.05) is 24.2 Å². The Hall–Kier alpha value is -3.81. The first kappa shape index (κ1) is 18.2. The van der Waals surface area contributed by atoms with E-state index in [1.54, 1.807) is 18.3 Å². The fourth-order valence-electron chi connectivity index (χ4n) is 3.65. The quantitative estimate of drug-likeness (QED) is 0.469. The van der Waals surface area contributed by atoms with Crippen molar-refractivity contribution in [3.8, 4) is 11.3 Å². The SMILES string of the molecule is CCCc1nc2c(N)nc3cccnc3c2n1Cc1cc(-c2ccc(F)cc2)no1. The zero-order valence-electron chi connectivity index (χ0n) is 16.3. The summed E-state index contributed by atoms with van der Waals surface area (Å²) < 4.78 is 20.9. The molecule has 150 valence electrons. The van der Waals surface area contributed by atoms with E-state index in [9.17, 15) is 4.39 Å². The molecule has 0 fully saturated rings. The third-order valence-electron chi connectivity index (χ3n) is 5.03. The largest absolute Gasteiger partial charge is 0.382 e. The molecular formula is C22H19FN6O. The molecule has 5 rings (SSSR count). The molecule has 7 nitrogen and oxygen atoms in total. The van der Waals surface area contributed by atoms with E-state index in [1.165, 1.54) is 12.1 Å². The van der Waals surface area contributed by atoms with E-state index in [2.05, 4.69) is 26.6 Å². The van der Waals surface area contributed by atoms with E-state index in [1.807, 2.05) is 18.2 Å². The molecule has 0 atom stereocenters. The molecule has 0 radical (unpaired) electrons. The highest BCUT2D eigenvalue weighted by atomic mass is 19.1. The van der Waals surface area contributed by atoms with Crippen LogP contribution >= 0.6 is 0 Å². The molecule has 30 heavy (non-hydrogen) atoms. The molecule has 0 aliphatic heterocycles. The molecule has 0 aliphatic rings. The lowest BCUT2D eigenvalue weighted by atomic mass is 10.1. The van der Waals surface area contributed by atoms with Crippen LogP contribution in [-0.2, 0) is 13.0 Å². The fourth-order valence-corrected chi connectivity index (χ4v) is 3.65. The van der Waals surface area contributed by atoms with Crippen LogP contribution < -0.4 is 5.73 Å². The summed E-state index contributed by atoms with van der Waals surface area (Å²) in [6.07, 6.45) is 3.44. The van der Waals surface area contributed by atoms with Crippen molar-refractivity contribution in [2.24, 2.45) is 0 Å². The molecule has 4 aromatic heterocycles. The summed E-state index contributed by atoms with van der Waals surface area (Å²) in [5.74, 6) is 1.64. The molecule has 0 saturated carbocycles. The lowest BCUT2D eigenvalue weighted by Gasteiger charge is -2.08. The number of anilines is 1. The average molecular weight is 402 g/mol. The third-order valence-corrected chi connectivity index (χ3v) is 5.03. The highest BCUT2D eigenvalue weighted by molar-refractivity contribution is 6.04. The number of aromatic nitrogens is 5. The maximum Gasteiger partial charge on any atom is 0.157 e. The second-order valence-electron chi connectivity index (χ2n) is 7.11. The van der Waals surface area contributed by atoms with Gasteiger partial charge >= 0.3 is 0 Å². The van der Waals surface area contributed by atoms with Crippen LogP contribution in [0.1, 0.15) is 24.9 Å². The molecule has 0 spiro atoms. The highest BCUT2D eigenvalue weighted by Crippen LogP contribution is 2.29. The van der Waals surface area contributed by atoms with E-state index in [0.29, 0.717) is 29.3 Å². The van der Waals surface area contributed by atoms with Crippen LogP contribution in [0.3, 0.4) is 0 Å². The number of hydrogen-bond acceptors (Lipinski definition) is 6. The Labute approximate surface area is 171 Å². The van der Waals surface area contributed by atoms with E-state index in [0.717, 1.165) is 40.8 Å². The van der Waals surface area contributed by atoms with E-state index in [4.69, 9.17) is 15.2 Å². The van der Waals surface area contributed by atoms with Gasteiger partial charge in [-0.1, -0.05) is 12.1 Å². The van der Waals surface area contributed by atoms with Crippen molar-refractivity contribution < 1.29 is 8.91 Å². The minimum atomic E-state index is -0.290. The predicted octanol–water partition coefficient (Wildman–Crippen LogP) is 4.36. The van der Waals surface area contributed by atoms with Crippen LogP contribution in [0.2, 0.25) is 0 Å². The molecular weight excluding hydrogens is 383 g/mol. The van der Waals surface area contributed by atoms with Gasteiger partial charge in [0.1, 0.15) is 33.9 Å². The van der Waals surface area contributed by atoms with Crippen LogP contribution in [-0.4, -0.2) is 24.7 Å². The van der Waals surface area contributed by atoms with Crippen molar-refractivity contribution in [2.75, 3.05) is 5.73 Å². The number of rotatable bonds is 5.